The molecule has 0 bridgehead atoms. The van der Waals surface area contributed by atoms with Crippen molar-refractivity contribution in [3.8, 4) is 28.8 Å². The van der Waals surface area contributed by atoms with Gasteiger partial charge in [-0.1, -0.05) is 0 Å². The Bertz CT molecular complexity index is 1830. The molecule has 44 heavy (non-hydrogen) atoms. The Labute approximate surface area is 246 Å². The van der Waals surface area contributed by atoms with Gasteiger partial charge in [0, 0.05) is 22.1 Å². The predicted octanol–water partition coefficient (Wildman–Crippen LogP) is 4.43. The number of rotatable bonds is 7. The summed E-state index contributed by atoms with van der Waals surface area (Å²) in [5, 5.41) is 32.4. The van der Waals surface area contributed by atoms with E-state index in [1.165, 1.54) is 26.2 Å². The first-order valence-electron chi connectivity index (χ1n) is 13.0. The van der Waals surface area contributed by atoms with Crippen molar-refractivity contribution in [3.63, 3.8) is 0 Å². The third kappa shape index (κ3) is 5.14. The van der Waals surface area contributed by atoms with Crippen molar-refractivity contribution in [2.45, 2.75) is 30.7 Å². The summed E-state index contributed by atoms with van der Waals surface area (Å²) in [6, 6.07) is 10.9. The SMILES string of the molecule is COc1cc(C(=O)NC[C@](O)(c2cc3c(c(-c4ccc(F)cc4)n2)OCC3(C)C#N)C(F)(F)F)cc2cc(F)c(CO)nc12. The van der Waals surface area contributed by atoms with Crippen molar-refractivity contribution in [3.05, 3.63) is 82.7 Å². The molecule has 0 aliphatic carbocycles. The Morgan fingerprint density at radius 2 is 1.86 bits per heavy atom. The van der Waals surface area contributed by atoms with E-state index in [0.717, 1.165) is 36.4 Å². The third-order valence-electron chi connectivity index (χ3n) is 7.38. The molecule has 14 heteroatoms. The zero-order chi connectivity index (χ0) is 32.0. The van der Waals surface area contributed by atoms with Gasteiger partial charge in [0.2, 0.25) is 5.60 Å². The minimum Gasteiger partial charge on any atom is -0.494 e. The Kier molecular flexibility index (Phi) is 7.65. The standard InChI is InChI=1S/C30H23F5N4O5/c1-28(12-36)14-44-26-19(28)10-23(39-25(26)15-3-5-18(31)6-4-15)29(42,30(33,34)35)13-37-27(41)17-7-16-8-20(32)21(11-40)38-24(16)22(9-17)43-2/h3-10,40,42H,11,13-14H2,1-2H3,(H,37,41)/t28?,29-/m0/s1. The molecule has 1 aliphatic heterocycles. The summed E-state index contributed by atoms with van der Waals surface area (Å²) < 4.78 is 82.6. The van der Waals surface area contributed by atoms with Crippen LogP contribution in [0, 0.1) is 23.0 Å². The summed E-state index contributed by atoms with van der Waals surface area (Å²) in [5.41, 5.74) is -6.51. The number of methoxy groups -OCH3 is 1. The van der Waals surface area contributed by atoms with Crippen molar-refractivity contribution in [2.75, 3.05) is 20.3 Å². The number of nitrogens with one attached hydrogen (secondary N) is 1. The lowest BCUT2D eigenvalue weighted by molar-refractivity contribution is -0.265. The van der Waals surface area contributed by atoms with Crippen LogP contribution in [0.5, 0.6) is 11.5 Å². The van der Waals surface area contributed by atoms with E-state index >= 15 is 0 Å². The van der Waals surface area contributed by atoms with Crippen molar-refractivity contribution < 1.29 is 46.4 Å². The Balaban J connectivity index is 1.57. The van der Waals surface area contributed by atoms with E-state index in [-0.39, 0.29) is 57.1 Å². The average molecular weight is 615 g/mol. The minimum atomic E-state index is -5.39. The van der Waals surface area contributed by atoms with E-state index < -0.39 is 53.6 Å². The minimum absolute atomic E-state index is 0.00595. The fourth-order valence-electron chi connectivity index (χ4n) is 4.80. The Morgan fingerprint density at radius 3 is 2.48 bits per heavy atom. The highest BCUT2D eigenvalue weighted by molar-refractivity contribution is 6.00. The van der Waals surface area contributed by atoms with Crippen LogP contribution in [0.3, 0.4) is 0 Å². The largest absolute Gasteiger partial charge is 0.494 e. The van der Waals surface area contributed by atoms with Crippen molar-refractivity contribution in [1.82, 2.24) is 15.3 Å². The number of pyridine rings is 2. The van der Waals surface area contributed by atoms with Crippen LogP contribution in [-0.4, -0.2) is 52.5 Å². The monoisotopic (exact) mass is 614 g/mol. The van der Waals surface area contributed by atoms with Crippen molar-refractivity contribution in [1.29, 1.82) is 5.26 Å². The van der Waals surface area contributed by atoms with Gasteiger partial charge in [-0.15, -0.1) is 0 Å². The molecule has 0 saturated heterocycles. The van der Waals surface area contributed by atoms with Gasteiger partial charge >= 0.3 is 6.18 Å². The Morgan fingerprint density at radius 1 is 1.16 bits per heavy atom. The van der Waals surface area contributed by atoms with E-state index in [0.29, 0.717) is 0 Å². The fraction of sp³-hybridized carbons (Fsp3) is 0.267. The van der Waals surface area contributed by atoms with Crippen molar-refractivity contribution >= 4 is 16.8 Å². The third-order valence-corrected chi connectivity index (χ3v) is 7.38. The number of hydrogen-bond donors (Lipinski definition) is 3. The first-order valence-corrected chi connectivity index (χ1v) is 13.0. The molecule has 228 valence electrons. The molecule has 0 fully saturated rings. The molecule has 1 amide bonds. The van der Waals surface area contributed by atoms with Gasteiger partial charge in [-0.25, -0.2) is 18.7 Å². The normalized spacial score (nSPS) is 17.4. The topological polar surface area (TPSA) is 138 Å². The maximum absolute atomic E-state index is 14.6. The van der Waals surface area contributed by atoms with Crippen molar-refractivity contribution in [2.24, 2.45) is 0 Å². The van der Waals surface area contributed by atoms with Gasteiger partial charge in [0.1, 0.15) is 46.3 Å². The van der Waals surface area contributed by atoms with Crippen LogP contribution in [-0.2, 0) is 17.6 Å². The van der Waals surface area contributed by atoms with Crippen LogP contribution < -0.4 is 14.8 Å². The summed E-state index contributed by atoms with van der Waals surface area (Å²) >= 11 is 0. The van der Waals surface area contributed by atoms with Crippen LogP contribution in [0.15, 0.2) is 48.5 Å². The predicted molar refractivity (Wildman–Crippen MR) is 145 cm³/mol. The number of carbonyl (C=O) groups excluding carboxylic acids is 1. The molecule has 4 aromatic rings. The lowest BCUT2D eigenvalue weighted by Crippen LogP contribution is -2.51. The quantitative estimate of drug-likeness (QED) is 0.260. The second-order valence-corrected chi connectivity index (χ2v) is 10.3. The summed E-state index contributed by atoms with van der Waals surface area (Å²) in [7, 11) is 1.24. The van der Waals surface area contributed by atoms with Gasteiger partial charge in [-0.3, -0.25) is 4.79 Å². The second kappa shape index (κ2) is 11.0. The number of carbonyl (C=O) groups is 1. The number of ether oxygens (including phenoxy) is 2. The number of nitrogens with zero attached hydrogens (tertiary/aromatic N) is 3. The summed E-state index contributed by atoms with van der Waals surface area (Å²) in [5.74, 6) is -2.58. The first kappa shape index (κ1) is 30.6. The molecule has 0 spiro atoms. The summed E-state index contributed by atoms with van der Waals surface area (Å²) in [6.07, 6.45) is -5.39. The van der Waals surface area contributed by atoms with Crippen LogP contribution in [0.4, 0.5) is 22.0 Å². The van der Waals surface area contributed by atoms with Crippen LogP contribution in [0.25, 0.3) is 22.2 Å². The second-order valence-electron chi connectivity index (χ2n) is 10.3. The molecule has 5 rings (SSSR count). The number of fused-ring (bicyclic) bond motifs is 2. The molecule has 3 N–H and O–H groups in total. The number of amides is 1. The van der Waals surface area contributed by atoms with Gasteiger partial charge < -0.3 is 25.0 Å². The van der Waals surface area contributed by atoms with Gasteiger partial charge in [0.25, 0.3) is 5.91 Å². The van der Waals surface area contributed by atoms with E-state index in [9.17, 15) is 42.2 Å². The van der Waals surface area contributed by atoms with Crippen LogP contribution >= 0.6 is 0 Å². The number of hydrogen-bond acceptors (Lipinski definition) is 8. The molecule has 1 aliphatic rings. The zero-order valence-electron chi connectivity index (χ0n) is 23.1. The zero-order valence-corrected chi connectivity index (χ0v) is 23.1. The highest BCUT2D eigenvalue weighted by Gasteiger charge is 2.57. The number of aliphatic hydroxyl groups is 2. The van der Waals surface area contributed by atoms with Crippen LogP contribution in [0.2, 0.25) is 0 Å². The summed E-state index contributed by atoms with van der Waals surface area (Å²) in [4.78, 5) is 21.1. The van der Waals surface area contributed by atoms with Gasteiger partial charge in [-0.05, 0) is 55.5 Å². The van der Waals surface area contributed by atoms with Gasteiger partial charge in [-0.2, -0.15) is 18.4 Å². The van der Waals surface area contributed by atoms with E-state index in [1.807, 2.05) is 6.07 Å². The molecule has 2 atom stereocenters. The number of benzene rings is 2. The summed E-state index contributed by atoms with van der Waals surface area (Å²) in [6.45, 7) is -0.884. The number of alkyl halides is 3. The molecular formula is C30H23F5N4O5. The molecule has 2 aromatic heterocycles. The first-order chi connectivity index (χ1) is 20.7. The lowest BCUT2D eigenvalue weighted by Gasteiger charge is -2.31. The maximum atomic E-state index is 14.6. The maximum Gasteiger partial charge on any atom is 0.424 e. The molecular weight excluding hydrogens is 591 g/mol. The smallest absolute Gasteiger partial charge is 0.424 e. The number of halogens is 5. The average Bonchev–Trinajstić information content (AvgIpc) is 3.34. The number of aromatic nitrogens is 2. The van der Waals surface area contributed by atoms with E-state index in [4.69, 9.17) is 9.47 Å². The fourth-order valence-corrected chi connectivity index (χ4v) is 4.80. The highest BCUT2D eigenvalue weighted by Crippen LogP contribution is 2.47. The molecule has 2 aromatic carbocycles. The number of aliphatic hydroxyl groups excluding tert-OH is 1. The molecule has 0 saturated carbocycles. The van der Waals surface area contributed by atoms with E-state index in [2.05, 4.69) is 15.3 Å². The van der Waals surface area contributed by atoms with Gasteiger partial charge in [0.15, 0.2) is 5.75 Å². The Hall–Kier alpha value is -4.87. The number of nitriles is 1. The van der Waals surface area contributed by atoms with Crippen LogP contribution in [0.1, 0.15) is 34.2 Å². The highest BCUT2D eigenvalue weighted by atomic mass is 19.4. The van der Waals surface area contributed by atoms with E-state index in [1.54, 1.807) is 0 Å². The van der Waals surface area contributed by atoms with Gasteiger partial charge in [0.05, 0.1) is 32.0 Å². The molecule has 3 heterocycles. The lowest BCUT2D eigenvalue weighted by atomic mass is 9.83. The molecule has 1 unspecified atom stereocenters. The molecule has 9 nitrogen and oxygen atoms in total. The molecule has 0 radical (unpaired) electrons.